The fourth-order valence-electron chi connectivity index (χ4n) is 1.73. The van der Waals surface area contributed by atoms with Gasteiger partial charge in [-0.3, -0.25) is 0 Å². The van der Waals surface area contributed by atoms with Crippen LogP contribution >= 0.6 is 0 Å². The second kappa shape index (κ2) is 5.44. The van der Waals surface area contributed by atoms with E-state index in [9.17, 15) is 9.90 Å². The molecule has 2 rings (SSSR count). The number of ether oxygens (including phenoxy) is 1. The molecule has 0 aliphatic carbocycles. The van der Waals surface area contributed by atoms with Gasteiger partial charge in [0, 0.05) is 5.69 Å². The number of rotatable bonds is 4. The van der Waals surface area contributed by atoms with Gasteiger partial charge in [-0.25, -0.2) is 4.79 Å². The molecule has 2 aromatic rings. The number of anilines is 2. The molecule has 0 aliphatic rings. The van der Waals surface area contributed by atoms with Gasteiger partial charge in [-0.15, -0.1) is 0 Å². The summed E-state index contributed by atoms with van der Waals surface area (Å²) < 4.78 is 5.03. The number of aromatic carboxylic acids is 1. The van der Waals surface area contributed by atoms with Gasteiger partial charge in [0.1, 0.15) is 5.75 Å². The van der Waals surface area contributed by atoms with Crippen molar-refractivity contribution in [2.45, 2.75) is 6.92 Å². The molecule has 0 aromatic heterocycles. The summed E-state index contributed by atoms with van der Waals surface area (Å²) in [6.45, 7) is 2.00. The molecule has 0 fully saturated rings. The summed E-state index contributed by atoms with van der Waals surface area (Å²) in [5, 5.41) is 12.3. The highest BCUT2D eigenvalue weighted by molar-refractivity contribution is 5.95. The first kappa shape index (κ1) is 13.0. The number of aryl methyl sites for hydroxylation is 1. The number of nitrogens with one attached hydrogen (secondary N) is 1. The zero-order valence-electron chi connectivity index (χ0n) is 10.8. The monoisotopic (exact) mass is 257 g/mol. The lowest BCUT2D eigenvalue weighted by molar-refractivity contribution is 0.0697. The predicted molar refractivity (Wildman–Crippen MR) is 74.4 cm³/mol. The molecule has 0 atom stereocenters. The SMILES string of the molecule is COc1ccc(Nc2ccc(C)cc2)c(C(=O)O)c1. The first-order valence-electron chi connectivity index (χ1n) is 5.85. The van der Waals surface area contributed by atoms with Gasteiger partial charge in [0.05, 0.1) is 18.4 Å². The third kappa shape index (κ3) is 3.04. The molecule has 4 nitrogen and oxygen atoms in total. The molecule has 98 valence electrons. The average molecular weight is 257 g/mol. The molecular formula is C15H15NO3. The van der Waals surface area contributed by atoms with Crippen LogP contribution in [0.5, 0.6) is 5.75 Å². The van der Waals surface area contributed by atoms with E-state index >= 15 is 0 Å². The zero-order valence-corrected chi connectivity index (χ0v) is 10.8. The second-order valence-electron chi connectivity index (χ2n) is 4.21. The molecule has 0 heterocycles. The first-order chi connectivity index (χ1) is 9.10. The summed E-state index contributed by atoms with van der Waals surface area (Å²) in [6.07, 6.45) is 0. The van der Waals surface area contributed by atoms with E-state index in [0.717, 1.165) is 11.3 Å². The number of hydrogen-bond acceptors (Lipinski definition) is 3. The molecule has 0 radical (unpaired) electrons. The molecule has 4 heteroatoms. The Hall–Kier alpha value is -2.49. The fraction of sp³-hybridized carbons (Fsp3) is 0.133. The van der Waals surface area contributed by atoms with Gasteiger partial charge in [-0.05, 0) is 37.3 Å². The minimum absolute atomic E-state index is 0.180. The third-order valence-corrected chi connectivity index (χ3v) is 2.79. The summed E-state index contributed by atoms with van der Waals surface area (Å²) in [5.41, 5.74) is 2.72. The van der Waals surface area contributed by atoms with Crippen LogP contribution in [0.3, 0.4) is 0 Å². The molecule has 0 bridgehead atoms. The molecule has 2 aromatic carbocycles. The lowest BCUT2D eigenvalue weighted by Crippen LogP contribution is -2.03. The highest BCUT2D eigenvalue weighted by Crippen LogP contribution is 2.25. The lowest BCUT2D eigenvalue weighted by Gasteiger charge is -2.11. The Morgan fingerprint density at radius 3 is 2.42 bits per heavy atom. The highest BCUT2D eigenvalue weighted by Gasteiger charge is 2.11. The van der Waals surface area contributed by atoms with Gasteiger partial charge in [0.2, 0.25) is 0 Å². The number of carboxylic acids is 1. The van der Waals surface area contributed by atoms with Crippen LogP contribution in [0.2, 0.25) is 0 Å². The van der Waals surface area contributed by atoms with Crippen molar-refractivity contribution < 1.29 is 14.6 Å². The summed E-state index contributed by atoms with van der Waals surface area (Å²) in [7, 11) is 1.51. The number of carboxylic acid groups (broad SMARTS) is 1. The smallest absolute Gasteiger partial charge is 0.337 e. The van der Waals surface area contributed by atoms with Gasteiger partial charge in [0.25, 0.3) is 0 Å². The summed E-state index contributed by atoms with van der Waals surface area (Å²) in [5.74, 6) is -0.472. The van der Waals surface area contributed by atoms with E-state index in [2.05, 4.69) is 5.32 Å². The van der Waals surface area contributed by atoms with E-state index in [1.54, 1.807) is 12.1 Å². The van der Waals surface area contributed by atoms with E-state index in [1.165, 1.54) is 13.2 Å². The van der Waals surface area contributed by atoms with Crippen LogP contribution in [-0.4, -0.2) is 18.2 Å². The largest absolute Gasteiger partial charge is 0.497 e. The second-order valence-corrected chi connectivity index (χ2v) is 4.21. The van der Waals surface area contributed by atoms with Crippen molar-refractivity contribution in [3.63, 3.8) is 0 Å². The van der Waals surface area contributed by atoms with Crippen LogP contribution in [0.4, 0.5) is 11.4 Å². The van der Waals surface area contributed by atoms with Crippen LogP contribution in [0.25, 0.3) is 0 Å². The maximum atomic E-state index is 11.2. The summed E-state index contributed by atoms with van der Waals surface area (Å²) in [6, 6.07) is 12.7. The number of methoxy groups -OCH3 is 1. The number of hydrogen-bond donors (Lipinski definition) is 2. The molecular weight excluding hydrogens is 242 g/mol. The molecule has 0 unspecified atom stereocenters. The minimum atomic E-state index is -0.992. The van der Waals surface area contributed by atoms with E-state index in [4.69, 9.17) is 4.74 Å². The molecule has 0 saturated heterocycles. The maximum Gasteiger partial charge on any atom is 0.337 e. The van der Waals surface area contributed by atoms with Crippen molar-refractivity contribution in [1.82, 2.24) is 0 Å². The average Bonchev–Trinajstić information content (AvgIpc) is 2.41. The minimum Gasteiger partial charge on any atom is -0.497 e. The van der Waals surface area contributed by atoms with Crippen LogP contribution in [-0.2, 0) is 0 Å². The standard InChI is InChI=1S/C15H15NO3/c1-10-3-5-11(6-4-10)16-14-8-7-12(19-2)9-13(14)15(17)18/h3-9,16H,1-2H3,(H,17,18). The normalized spacial score (nSPS) is 10.0. The van der Waals surface area contributed by atoms with Crippen molar-refractivity contribution in [1.29, 1.82) is 0 Å². The van der Waals surface area contributed by atoms with Crippen molar-refractivity contribution in [2.75, 3.05) is 12.4 Å². The molecule has 0 amide bonds. The number of carbonyl (C=O) groups is 1. The summed E-state index contributed by atoms with van der Waals surface area (Å²) >= 11 is 0. The molecule has 0 aliphatic heterocycles. The maximum absolute atomic E-state index is 11.2. The van der Waals surface area contributed by atoms with Crippen molar-refractivity contribution in [3.05, 3.63) is 53.6 Å². The van der Waals surface area contributed by atoms with Crippen LogP contribution in [0.1, 0.15) is 15.9 Å². The molecule has 2 N–H and O–H groups in total. The Labute approximate surface area is 111 Å². The first-order valence-corrected chi connectivity index (χ1v) is 5.85. The summed E-state index contributed by atoms with van der Waals surface area (Å²) in [4.78, 5) is 11.2. The zero-order chi connectivity index (χ0) is 13.8. The Morgan fingerprint density at radius 1 is 1.16 bits per heavy atom. The molecule has 0 saturated carbocycles. The Bertz CT molecular complexity index is 591. The lowest BCUT2D eigenvalue weighted by atomic mass is 10.1. The van der Waals surface area contributed by atoms with Gasteiger partial charge in [0.15, 0.2) is 0 Å². The quantitative estimate of drug-likeness (QED) is 0.880. The third-order valence-electron chi connectivity index (χ3n) is 2.79. The predicted octanol–water partition coefficient (Wildman–Crippen LogP) is 3.45. The van der Waals surface area contributed by atoms with Gasteiger partial charge < -0.3 is 15.2 Å². The van der Waals surface area contributed by atoms with Crippen LogP contribution < -0.4 is 10.1 Å². The Balaban J connectivity index is 2.33. The van der Waals surface area contributed by atoms with Crippen molar-refractivity contribution >= 4 is 17.3 Å². The molecule has 0 spiro atoms. The molecule has 19 heavy (non-hydrogen) atoms. The van der Waals surface area contributed by atoms with E-state index in [1.807, 2.05) is 31.2 Å². The van der Waals surface area contributed by atoms with Crippen LogP contribution in [0.15, 0.2) is 42.5 Å². The van der Waals surface area contributed by atoms with Gasteiger partial charge >= 0.3 is 5.97 Å². The van der Waals surface area contributed by atoms with E-state index in [-0.39, 0.29) is 5.56 Å². The van der Waals surface area contributed by atoms with Gasteiger partial charge in [-0.2, -0.15) is 0 Å². The van der Waals surface area contributed by atoms with Crippen molar-refractivity contribution in [2.24, 2.45) is 0 Å². The fourth-order valence-corrected chi connectivity index (χ4v) is 1.73. The topological polar surface area (TPSA) is 58.6 Å². The van der Waals surface area contributed by atoms with Gasteiger partial charge in [-0.1, -0.05) is 17.7 Å². The Kier molecular flexibility index (Phi) is 3.71. The van der Waals surface area contributed by atoms with E-state index in [0.29, 0.717) is 11.4 Å². The number of benzene rings is 2. The highest BCUT2D eigenvalue weighted by atomic mass is 16.5. The van der Waals surface area contributed by atoms with Crippen LogP contribution in [0, 0.1) is 6.92 Å². The van der Waals surface area contributed by atoms with E-state index < -0.39 is 5.97 Å². The van der Waals surface area contributed by atoms with Crippen molar-refractivity contribution in [3.8, 4) is 5.75 Å². The Morgan fingerprint density at radius 2 is 1.84 bits per heavy atom.